The van der Waals surface area contributed by atoms with Crippen LogP contribution in [0.5, 0.6) is 0 Å². The number of nitrogens with zero attached hydrogens (tertiary/aromatic N) is 2. The Morgan fingerprint density at radius 1 is 1.60 bits per heavy atom. The van der Waals surface area contributed by atoms with Crippen LogP contribution in [0.4, 0.5) is 0 Å². The lowest BCUT2D eigenvalue weighted by Crippen LogP contribution is -2.21. The van der Waals surface area contributed by atoms with Crippen molar-refractivity contribution in [2.45, 2.75) is 23.8 Å². The van der Waals surface area contributed by atoms with Gasteiger partial charge in [0, 0.05) is 12.8 Å². The van der Waals surface area contributed by atoms with Crippen LogP contribution < -0.4 is 5.14 Å². The molecule has 15 heavy (non-hydrogen) atoms. The van der Waals surface area contributed by atoms with Crippen molar-refractivity contribution in [2.24, 2.45) is 5.14 Å². The molecule has 0 saturated carbocycles. The quantitative estimate of drug-likeness (QED) is 0.768. The standard InChI is InChI=1S/C8H13N3O3S/c9-15(12,13)8-4-10-11(5-8)7-2-1-3-14-6-7/h4-5,7H,1-3,6H2,(H2,9,12,13). The first-order valence-corrected chi connectivity index (χ1v) is 6.27. The molecule has 2 N–H and O–H groups in total. The third-order valence-electron chi connectivity index (χ3n) is 2.42. The average Bonchev–Trinajstić information content (AvgIpc) is 2.67. The normalized spacial score (nSPS) is 22.9. The van der Waals surface area contributed by atoms with E-state index >= 15 is 0 Å². The molecule has 1 saturated heterocycles. The second-order valence-electron chi connectivity index (χ2n) is 3.57. The Kier molecular flexibility index (Phi) is 2.76. The summed E-state index contributed by atoms with van der Waals surface area (Å²) in [7, 11) is -3.64. The Hall–Kier alpha value is -0.920. The van der Waals surface area contributed by atoms with Gasteiger partial charge in [0.15, 0.2) is 0 Å². The smallest absolute Gasteiger partial charge is 0.241 e. The molecule has 0 aromatic carbocycles. The number of ether oxygens (including phenoxy) is 1. The summed E-state index contributed by atoms with van der Waals surface area (Å²) in [5.41, 5.74) is 0. The van der Waals surface area contributed by atoms with E-state index < -0.39 is 10.0 Å². The average molecular weight is 231 g/mol. The van der Waals surface area contributed by atoms with Crippen LogP contribution in [-0.4, -0.2) is 31.4 Å². The molecule has 1 unspecified atom stereocenters. The number of primary sulfonamides is 1. The summed E-state index contributed by atoms with van der Waals surface area (Å²) in [6, 6.07) is 0.120. The second kappa shape index (κ2) is 3.92. The van der Waals surface area contributed by atoms with Gasteiger partial charge in [-0.2, -0.15) is 5.10 Å². The highest BCUT2D eigenvalue weighted by Gasteiger charge is 2.18. The summed E-state index contributed by atoms with van der Waals surface area (Å²) in [4.78, 5) is 0.0491. The number of hydrogen-bond donors (Lipinski definition) is 1. The molecular formula is C8H13N3O3S. The minimum atomic E-state index is -3.64. The van der Waals surface area contributed by atoms with E-state index in [-0.39, 0.29) is 10.9 Å². The van der Waals surface area contributed by atoms with E-state index in [0.717, 1.165) is 19.4 Å². The van der Waals surface area contributed by atoms with Crippen LogP contribution in [0.15, 0.2) is 17.3 Å². The van der Waals surface area contributed by atoms with Gasteiger partial charge in [-0.15, -0.1) is 0 Å². The summed E-state index contributed by atoms with van der Waals surface area (Å²) < 4.78 is 28.9. The predicted molar refractivity (Wildman–Crippen MR) is 52.7 cm³/mol. The molecule has 0 amide bonds. The fraction of sp³-hybridized carbons (Fsp3) is 0.625. The molecule has 1 atom stereocenters. The van der Waals surface area contributed by atoms with E-state index in [4.69, 9.17) is 9.88 Å². The minimum absolute atomic E-state index is 0.0491. The van der Waals surface area contributed by atoms with Gasteiger partial charge in [0.1, 0.15) is 4.90 Å². The molecule has 1 fully saturated rings. The van der Waals surface area contributed by atoms with Crippen molar-refractivity contribution >= 4 is 10.0 Å². The van der Waals surface area contributed by atoms with Crippen LogP contribution in [0.2, 0.25) is 0 Å². The van der Waals surface area contributed by atoms with E-state index in [2.05, 4.69) is 5.10 Å². The highest BCUT2D eigenvalue weighted by Crippen LogP contribution is 2.19. The number of nitrogens with two attached hydrogens (primary N) is 1. The topological polar surface area (TPSA) is 87.2 Å². The Morgan fingerprint density at radius 2 is 2.40 bits per heavy atom. The monoisotopic (exact) mass is 231 g/mol. The van der Waals surface area contributed by atoms with E-state index in [1.165, 1.54) is 12.4 Å². The lowest BCUT2D eigenvalue weighted by molar-refractivity contribution is 0.0548. The SMILES string of the molecule is NS(=O)(=O)c1cnn(C2CCCOC2)c1. The second-order valence-corrected chi connectivity index (χ2v) is 5.13. The Balaban J connectivity index is 2.19. The molecule has 1 aromatic rings. The lowest BCUT2D eigenvalue weighted by atomic mass is 10.1. The molecule has 2 heterocycles. The van der Waals surface area contributed by atoms with Crippen molar-refractivity contribution in [1.82, 2.24) is 9.78 Å². The Bertz CT molecular complexity index is 434. The first kappa shape index (κ1) is 10.6. The predicted octanol–water partition coefficient (Wildman–Crippen LogP) is -0.118. The number of rotatable bonds is 2. The molecule has 84 valence electrons. The first-order valence-electron chi connectivity index (χ1n) is 4.72. The summed E-state index contributed by atoms with van der Waals surface area (Å²) >= 11 is 0. The van der Waals surface area contributed by atoms with Gasteiger partial charge in [0.25, 0.3) is 0 Å². The number of aromatic nitrogens is 2. The van der Waals surface area contributed by atoms with Crippen molar-refractivity contribution < 1.29 is 13.2 Å². The zero-order chi connectivity index (χ0) is 10.9. The van der Waals surface area contributed by atoms with E-state index in [1.807, 2.05) is 0 Å². The first-order chi connectivity index (χ1) is 7.07. The van der Waals surface area contributed by atoms with Gasteiger partial charge in [-0.25, -0.2) is 13.6 Å². The van der Waals surface area contributed by atoms with Crippen molar-refractivity contribution in [3.8, 4) is 0 Å². The molecule has 1 aromatic heterocycles. The summed E-state index contributed by atoms with van der Waals surface area (Å²) in [6.07, 6.45) is 4.64. The molecule has 6 nitrogen and oxygen atoms in total. The largest absolute Gasteiger partial charge is 0.379 e. The fourth-order valence-electron chi connectivity index (χ4n) is 1.60. The summed E-state index contributed by atoms with van der Waals surface area (Å²) in [5, 5.41) is 8.97. The molecule has 0 bridgehead atoms. The van der Waals surface area contributed by atoms with E-state index in [1.54, 1.807) is 4.68 Å². The van der Waals surface area contributed by atoms with Gasteiger partial charge in [0.05, 0.1) is 18.8 Å². The van der Waals surface area contributed by atoms with E-state index in [9.17, 15) is 8.42 Å². The third-order valence-corrected chi connectivity index (χ3v) is 3.28. The maximum absolute atomic E-state index is 11.0. The summed E-state index contributed by atoms with van der Waals surface area (Å²) in [5.74, 6) is 0. The fourth-order valence-corrected chi connectivity index (χ4v) is 2.05. The molecule has 0 aliphatic carbocycles. The van der Waals surface area contributed by atoms with Crippen LogP contribution in [0.3, 0.4) is 0 Å². The Labute approximate surface area is 88.1 Å². The third kappa shape index (κ3) is 2.36. The lowest BCUT2D eigenvalue weighted by Gasteiger charge is -2.22. The van der Waals surface area contributed by atoms with Crippen LogP contribution in [-0.2, 0) is 14.8 Å². The highest BCUT2D eigenvalue weighted by molar-refractivity contribution is 7.89. The molecule has 0 radical (unpaired) electrons. The van der Waals surface area contributed by atoms with E-state index in [0.29, 0.717) is 6.61 Å². The van der Waals surface area contributed by atoms with Crippen molar-refractivity contribution in [2.75, 3.05) is 13.2 Å². The van der Waals surface area contributed by atoms with Gasteiger partial charge >= 0.3 is 0 Å². The molecule has 1 aliphatic rings. The van der Waals surface area contributed by atoms with Gasteiger partial charge < -0.3 is 4.74 Å². The maximum Gasteiger partial charge on any atom is 0.241 e. The van der Waals surface area contributed by atoms with Crippen LogP contribution >= 0.6 is 0 Å². The molecule has 0 spiro atoms. The van der Waals surface area contributed by atoms with Crippen molar-refractivity contribution in [3.05, 3.63) is 12.4 Å². The van der Waals surface area contributed by atoms with Crippen LogP contribution in [0, 0.1) is 0 Å². The van der Waals surface area contributed by atoms with Gasteiger partial charge in [-0.05, 0) is 12.8 Å². The van der Waals surface area contributed by atoms with Gasteiger partial charge in [-0.1, -0.05) is 0 Å². The van der Waals surface area contributed by atoms with Crippen LogP contribution in [0.25, 0.3) is 0 Å². The Morgan fingerprint density at radius 3 is 2.93 bits per heavy atom. The molecule has 1 aliphatic heterocycles. The highest BCUT2D eigenvalue weighted by atomic mass is 32.2. The molecular weight excluding hydrogens is 218 g/mol. The van der Waals surface area contributed by atoms with Crippen molar-refractivity contribution in [3.63, 3.8) is 0 Å². The molecule has 2 rings (SSSR count). The maximum atomic E-state index is 11.0. The summed E-state index contributed by atoms with van der Waals surface area (Å²) in [6.45, 7) is 1.34. The zero-order valence-electron chi connectivity index (χ0n) is 8.17. The minimum Gasteiger partial charge on any atom is -0.379 e. The number of hydrogen-bond acceptors (Lipinski definition) is 4. The zero-order valence-corrected chi connectivity index (χ0v) is 8.98. The number of sulfonamides is 1. The van der Waals surface area contributed by atoms with Crippen LogP contribution in [0.1, 0.15) is 18.9 Å². The van der Waals surface area contributed by atoms with Gasteiger partial charge in [-0.3, -0.25) is 4.68 Å². The van der Waals surface area contributed by atoms with Crippen molar-refractivity contribution in [1.29, 1.82) is 0 Å². The van der Waals surface area contributed by atoms with Gasteiger partial charge in [0.2, 0.25) is 10.0 Å². The molecule has 7 heteroatoms.